The lowest BCUT2D eigenvalue weighted by molar-refractivity contribution is -0.274. The molecule has 0 saturated heterocycles. The van der Waals surface area contributed by atoms with Gasteiger partial charge in [-0.1, -0.05) is 15.9 Å². The van der Waals surface area contributed by atoms with Crippen molar-refractivity contribution in [3.63, 3.8) is 0 Å². The highest BCUT2D eigenvalue weighted by atomic mass is 79.9. The molecule has 1 nitrogen and oxygen atoms in total. The van der Waals surface area contributed by atoms with Gasteiger partial charge in [-0.15, -0.1) is 24.8 Å². The van der Waals surface area contributed by atoms with E-state index >= 15 is 0 Å². The Morgan fingerprint density at radius 1 is 1.29 bits per heavy atom. The molecule has 1 rings (SSSR count). The lowest BCUT2D eigenvalue weighted by Gasteiger charge is -2.09. The van der Waals surface area contributed by atoms with Crippen molar-refractivity contribution in [2.24, 2.45) is 0 Å². The monoisotopic (exact) mass is 288 g/mol. The number of hydrogen-bond acceptors (Lipinski definition) is 1. The molecular formula is C8H5BrClF3O. The predicted molar refractivity (Wildman–Crippen MR) is 50.4 cm³/mol. The zero-order valence-corrected chi connectivity index (χ0v) is 9.08. The number of alkyl halides is 4. The van der Waals surface area contributed by atoms with E-state index in [0.717, 1.165) is 0 Å². The maximum absolute atomic E-state index is 11.8. The molecule has 0 spiro atoms. The fraction of sp³-hybridized carbons (Fsp3) is 0.250. The van der Waals surface area contributed by atoms with Crippen LogP contribution in [0.4, 0.5) is 13.2 Å². The molecule has 14 heavy (non-hydrogen) atoms. The fourth-order valence-electron chi connectivity index (χ4n) is 0.890. The Bertz CT molecular complexity index is 327. The topological polar surface area (TPSA) is 9.23 Å². The van der Waals surface area contributed by atoms with Crippen LogP contribution in [-0.2, 0) is 5.88 Å². The average molecular weight is 289 g/mol. The van der Waals surface area contributed by atoms with Gasteiger partial charge in [0.2, 0.25) is 0 Å². The third-order valence-electron chi connectivity index (χ3n) is 1.32. The molecular weight excluding hydrogens is 284 g/mol. The van der Waals surface area contributed by atoms with Crippen molar-refractivity contribution in [2.75, 3.05) is 0 Å². The first-order chi connectivity index (χ1) is 6.40. The summed E-state index contributed by atoms with van der Waals surface area (Å²) in [7, 11) is 0. The highest BCUT2D eigenvalue weighted by Gasteiger charge is 2.31. The lowest BCUT2D eigenvalue weighted by Crippen LogP contribution is -2.17. The van der Waals surface area contributed by atoms with Gasteiger partial charge in [0.25, 0.3) is 0 Å². The number of halogens is 5. The van der Waals surface area contributed by atoms with Crippen LogP contribution in [0.2, 0.25) is 0 Å². The summed E-state index contributed by atoms with van der Waals surface area (Å²) in [6.45, 7) is 0. The minimum absolute atomic E-state index is 0.133. The van der Waals surface area contributed by atoms with Crippen LogP contribution in [0.15, 0.2) is 22.7 Å². The van der Waals surface area contributed by atoms with Crippen LogP contribution in [0.25, 0.3) is 0 Å². The van der Waals surface area contributed by atoms with Crippen LogP contribution in [0.1, 0.15) is 5.56 Å². The second kappa shape index (κ2) is 4.40. The third-order valence-corrected chi connectivity index (χ3v) is 2.09. The number of ether oxygens (including phenoxy) is 1. The number of benzene rings is 1. The van der Waals surface area contributed by atoms with Gasteiger partial charge in [0, 0.05) is 10.4 Å². The standard InChI is InChI=1S/C8H5BrClF3O/c9-6-1-5(4-10)2-7(3-6)14-8(11,12)13/h1-3H,4H2. The minimum atomic E-state index is -4.68. The zero-order valence-electron chi connectivity index (χ0n) is 6.74. The Kier molecular flexibility index (Phi) is 3.66. The van der Waals surface area contributed by atoms with Crippen molar-refractivity contribution in [2.45, 2.75) is 12.2 Å². The highest BCUT2D eigenvalue weighted by Crippen LogP contribution is 2.27. The molecule has 0 heterocycles. The molecule has 0 fully saturated rings. The summed E-state index contributed by atoms with van der Waals surface area (Å²) < 4.78 is 39.7. The van der Waals surface area contributed by atoms with Crippen molar-refractivity contribution in [1.82, 2.24) is 0 Å². The Labute approximate surface area is 91.9 Å². The molecule has 0 amide bonds. The number of rotatable bonds is 2. The molecule has 6 heteroatoms. The van der Waals surface area contributed by atoms with Crippen LogP contribution in [-0.4, -0.2) is 6.36 Å². The molecule has 0 aliphatic rings. The Hall–Kier alpha value is -0.420. The molecule has 0 bridgehead atoms. The second-order valence-corrected chi connectivity index (χ2v) is 3.66. The summed E-state index contributed by atoms with van der Waals surface area (Å²) in [5, 5.41) is 0. The minimum Gasteiger partial charge on any atom is -0.406 e. The summed E-state index contributed by atoms with van der Waals surface area (Å²) in [4.78, 5) is 0. The summed E-state index contributed by atoms with van der Waals surface area (Å²) in [5.74, 6) is -0.143. The van der Waals surface area contributed by atoms with E-state index < -0.39 is 6.36 Å². The van der Waals surface area contributed by atoms with E-state index in [4.69, 9.17) is 11.6 Å². The molecule has 78 valence electrons. The molecule has 0 aromatic heterocycles. The van der Waals surface area contributed by atoms with Gasteiger partial charge in [-0.05, 0) is 23.8 Å². The van der Waals surface area contributed by atoms with Gasteiger partial charge < -0.3 is 4.74 Å². The van der Waals surface area contributed by atoms with Crippen molar-refractivity contribution in [1.29, 1.82) is 0 Å². The summed E-state index contributed by atoms with van der Waals surface area (Å²) in [5.41, 5.74) is 0.556. The van der Waals surface area contributed by atoms with Crippen LogP contribution < -0.4 is 4.74 Å². The molecule has 0 saturated carbocycles. The van der Waals surface area contributed by atoms with Gasteiger partial charge in [0.05, 0.1) is 0 Å². The van der Waals surface area contributed by atoms with Crippen LogP contribution >= 0.6 is 27.5 Å². The maximum atomic E-state index is 11.8. The normalized spacial score (nSPS) is 11.5. The maximum Gasteiger partial charge on any atom is 0.573 e. The molecule has 1 aromatic carbocycles. The van der Waals surface area contributed by atoms with Gasteiger partial charge in [-0.3, -0.25) is 0 Å². The van der Waals surface area contributed by atoms with Crippen molar-refractivity contribution in [3.8, 4) is 5.75 Å². The molecule has 0 radical (unpaired) electrons. The summed E-state index contributed by atoms with van der Waals surface area (Å²) in [6, 6.07) is 4.09. The summed E-state index contributed by atoms with van der Waals surface area (Å²) in [6.07, 6.45) is -4.68. The van der Waals surface area contributed by atoms with Gasteiger partial charge in [-0.25, -0.2) is 0 Å². The number of hydrogen-bond donors (Lipinski definition) is 0. The lowest BCUT2D eigenvalue weighted by atomic mass is 10.2. The van der Waals surface area contributed by atoms with Crippen LogP contribution in [0.3, 0.4) is 0 Å². The molecule has 0 aliphatic heterocycles. The van der Waals surface area contributed by atoms with E-state index in [1.807, 2.05) is 0 Å². The summed E-state index contributed by atoms with van der Waals surface area (Å²) >= 11 is 8.54. The largest absolute Gasteiger partial charge is 0.573 e. The molecule has 0 aliphatic carbocycles. The van der Waals surface area contributed by atoms with Crippen molar-refractivity contribution in [3.05, 3.63) is 28.2 Å². The highest BCUT2D eigenvalue weighted by molar-refractivity contribution is 9.10. The predicted octanol–water partition coefficient (Wildman–Crippen LogP) is 4.09. The van der Waals surface area contributed by atoms with E-state index in [-0.39, 0.29) is 11.6 Å². The second-order valence-electron chi connectivity index (χ2n) is 2.48. The molecule has 0 atom stereocenters. The first-order valence-corrected chi connectivity index (χ1v) is 4.84. The first kappa shape index (κ1) is 11.7. The van der Waals surface area contributed by atoms with E-state index in [2.05, 4.69) is 20.7 Å². The Morgan fingerprint density at radius 3 is 2.43 bits per heavy atom. The van der Waals surface area contributed by atoms with E-state index in [9.17, 15) is 13.2 Å². The van der Waals surface area contributed by atoms with Gasteiger partial charge >= 0.3 is 6.36 Å². The first-order valence-electron chi connectivity index (χ1n) is 3.52. The van der Waals surface area contributed by atoms with Crippen LogP contribution in [0, 0.1) is 0 Å². The van der Waals surface area contributed by atoms with Crippen LogP contribution in [0.5, 0.6) is 5.75 Å². The Balaban J connectivity index is 2.92. The van der Waals surface area contributed by atoms with E-state index in [1.165, 1.54) is 12.1 Å². The fourth-order valence-corrected chi connectivity index (χ4v) is 1.56. The van der Waals surface area contributed by atoms with Crippen molar-refractivity contribution < 1.29 is 17.9 Å². The van der Waals surface area contributed by atoms with Gasteiger partial charge in [0.15, 0.2) is 0 Å². The van der Waals surface area contributed by atoms with E-state index in [1.54, 1.807) is 6.07 Å². The SMILES string of the molecule is FC(F)(F)Oc1cc(Br)cc(CCl)c1. The Morgan fingerprint density at radius 2 is 1.93 bits per heavy atom. The van der Waals surface area contributed by atoms with Crippen molar-refractivity contribution >= 4 is 27.5 Å². The smallest absolute Gasteiger partial charge is 0.406 e. The third kappa shape index (κ3) is 3.75. The van der Waals surface area contributed by atoms with E-state index in [0.29, 0.717) is 10.0 Å². The zero-order chi connectivity index (χ0) is 10.8. The molecule has 0 N–H and O–H groups in total. The average Bonchev–Trinajstić information content (AvgIpc) is 1.99. The molecule has 0 unspecified atom stereocenters. The van der Waals surface area contributed by atoms with Gasteiger partial charge in [-0.2, -0.15) is 0 Å². The quantitative estimate of drug-likeness (QED) is 0.745. The molecule has 1 aromatic rings. The van der Waals surface area contributed by atoms with Gasteiger partial charge in [0.1, 0.15) is 5.75 Å².